The highest BCUT2D eigenvalue weighted by Crippen LogP contribution is 2.19. The van der Waals surface area contributed by atoms with Crippen molar-refractivity contribution in [3.63, 3.8) is 0 Å². The van der Waals surface area contributed by atoms with Crippen molar-refractivity contribution >= 4 is 5.91 Å². The summed E-state index contributed by atoms with van der Waals surface area (Å²) in [5.74, 6) is 1.92. The molecule has 0 saturated carbocycles. The minimum absolute atomic E-state index is 0.0799. The van der Waals surface area contributed by atoms with Gasteiger partial charge in [0.2, 0.25) is 0 Å². The summed E-state index contributed by atoms with van der Waals surface area (Å²) >= 11 is 0. The topological polar surface area (TPSA) is 72.3 Å². The molecule has 1 saturated heterocycles. The first-order valence-corrected chi connectivity index (χ1v) is 9.38. The van der Waals surface area contributed by atoms with Gasteiger partial charge in [-0.15, -0.1) is 0 Å². The molecule has 1 N–H and O–H groups in total. The second-order valence-electron chi connectivity index (χ2n) is 6.96. The maximum atomic E-state index is 12.2. The van der Waals surface area contributed by atoms with E-state index in [1.54, 1.807) is 6.33 Å². The van der Waals surface area contributed by atoms with Crippen LogP contribution in [0.25, 0.3) is 0 Å². The number of para-hydroxylation sites is 1. The maximum Gasteiger partial charge on any atom is 0.260 e. The number of rotatable bonds is 6. The van der Waals surface area contributed by atoms with E-state index in [2.05, 4.69) is 15.4 Å². The lowest BCUT2D eigenvalue weighted by Crippen LogP contribution is -2.37. The first-order chi connectivity index (χ1) is 12.8. The standard InChI is InChI=1S/C19H25N5O2/c25-19(23-9-3-4-10-23)13-26-17-6-2-1-5-15(17)11-20-16-7-8-18-21-14-22-24(18)12-16/h1-2,5-6,14,16,20H,3-4,7-13H2/t16-/m1/s1. The van der Waals surface area contributed by atoms with Gasteiger partial charge in [0.15, 0.2) is 6.61 Å². The minimum Gasteiger partial charge on any atom is -0.483 e. The van der Waals surface area contributed by atoms with Crippen molar-refractivity contribution in [3.05, 3.63) is 42.0 Å². The maximum absolute atomic E-state index is 12.2. The second-order valence-corrected chi connectivity index (χ2v) is 6.96. The van der Waals surface area contributed by atoms with Gasteiger partial charge in [-0.05, 0) is 25.3 Å². The Kier molecular flexibility index (Phi) is 5.15. The number of benzene rings is 1. The van der Waals surface area contributed by atoms with Crippen molar-refractivity contribution in [2.75, 3.05) is 19.7 Å². The molecule has 0 bridgehead atoms. The molecule has 2 aliphatic heterocycles. The zero-order valence-electron chi connectivity index (χ0n) is 14.9. The van der Waals surface area contributed by atoms with Gasteiger partial charge in [-0.1, -0.05) is 18.2 Å². The lowest BCUT2D eigenvalue weighted by Gasteiger charge is -2.24. The third-order valence-electron chi connectivity index (χ3n) is 5.17. The van der Waals surface area contributed by atoms with Gasteiger partial charge in [-0.3, -0.25) is 4.79 Å². The summed E-state index contributed by atoms with van der Waals surface area (Å²) in [6.07, 6.45) is 5.82. The third-order valence-corrected chi connectivity index (χ3v) is 5.17. The van der Waals surface area contributed by atoms with Crippen LogP contribution in [0.15, 0.2) is 30.6 Å². The van der Waals surface area contributed by atoms with E-state index in [0.29, 0.717) is 12.6 Å². The van der Waals surface area contributed by atoms with Gasteiger partial charge < -0.3 is 15.0 Å². The average molecular weight is 355 g/mol. The number of nitrogens with one attached hydrogen (secondary N) is 1. The number of hydrogen-bond donors (Lipinski definition) is 1. The molecule has 1 fully saturated rings. The number of fused-ring (bicyclic) bond motifs is 1. The summed E-state index contributed by atoms with van der Waals surface area (Å²) in [7, 11) is 0. The smallest absolute Gasteiger partial charge is 0.260 e. The Morgan fingerprint density at radius 1 is 1.27 bits per heavy atom. The fraction of sp³-hybridized carbons (Fsp3) is 0.526. The number of nitrogens with zero attached hydrogens (tertiary/aromatic N) is 4. The number of aryl methyl sites for hydroxylation is 1. The summed E-state index contributed by atoms with van der Waals surface area (Å²) in [6.45, 7) is 3.38. The quantitative estimate of drug-likeness (QED) is 0.848. The number of carbonyl (C=O) groups excluding carboxylic acids is 1. The number of carbonyl (C=O) groups is 1. The number of aromatic nitrogens is 3. The van der Waals surface area contributed by atoms with Gasteiger partial charge in [0.25, 0.3) is 5.91 Å². The molecule has 0 aliphatic carbocycles. The monoisotopic (exact) mass is 355 g/mol. The first-order valence-electron chi connectivity index (χ1n) is 9.38. The van der Waals surface area contributed by atoms with Gasteiger partial charge in [0, 0.05) is 37.7 Å². The molecule has 2 aromatic rings. The van der Waals surface area contributed by atoms with Gasteiger partial charge in [0.05, 0.1) is 6.54 Å². The molecule has 0 spiro atoms. The molecule has 3 heterocycles. The van der Waals surface area contributed by atoms with Crippen molar-refractivity contribution in [3.8, 4) is 5.75 Å². The van der Waals surface area contributed by atoms with Crippen molar-refractivity contribution in [1.82, 2.24) is 25.0 Å². The molecule has 138 valence electrons. The molecule has 26 heavy (non-hydrogen) atoms. The summed E-state index contributed by atoms with van der Waals surface area (Å²) in [5, 5.41) is 7.85. The fourth-order valence-corrected chi connectivity index (χ4v) is 3.65. The van der Waals surface area contributed by atoms with Crippen LogP contribution in [0.2, 0.25) is 0 Å². The van der Waals surface area contributed by atoms with E-state index in [9.17, 15) is 4.79 Å². The number of likely N-dealkylation sites (tertiary alicyclic amines) is 1. The van der Waals surface area contributed by atoms with Crippen LogP contribution in [0.1, 0.15) is 30.7 Å². The summed E-state index contributed by atoms with van der Waals surface area (Å²) in [4.78, 5) is 18.3. The molecule has 1 aromatic carbocycles. The Balaban J connectivity index is 1.32. The molecule has 0 unspecified atom stereocenters. The van der Waals surface area contributed by atoms with Crippen LogP contribution in [0, 0.1) is 0 Å². The molecule has 0 radical (unpaired) electrons. The SMILES string of the molecule is O=C(COc1ccccc1CN[C@@H]1CCc2ncnn2C1)N1CCCC1. The fourth-order valence-electron chi connectivity index (χ4n) is 3.65. The Morgan fingerprint density at radius 3 is 3.00 bits per heavy atom. The Morgan fingerprint density at radius 2 is 2.12 bits per heavy atom. The molecule has 4 rings (SSSR count). The highest BCUT2D eigenvalue weighted by Gasteiger charge is 2.20. The molecular weight excluding hydrogens is 330 g/mol. The Hall–Kier alpha value is -2.41. The zero-order chi connectivity index (χ0) is 17.8. The van der Waals surface area contributed by atoms with Gasteiger partial charge in [-0.2, -0.15) is 5.10 Å². The van der Waals surface area contributed by atoms with Gasteiger partial charge in [0.1, 0.15) is 17.9 Å². The van der Waals surface area contributed by atoms with Gasteiger partial charge in [-0.25, -0.2) is 9.67 Å². The van der Waals surface area contributed by atoms with Crippen molar-refractivity contribution < 1.29 is 9.53 Å². The lowest BCUT2D eigenvalue weighted by molar-refractivity contribution is -0.132. The highest BCUT2D eigenvalue weighted by molar-refractivity contribution is 5.78. The molecule has 1 amide bonds. The number of hydrogen-bond acceptors (Lipinski definition) is 5. The van der Waals surface area contributed by atoms with E-state index >= 15 is 0 Å². The van der Waals surface area contributed by atoms with E-state index in [4.69, 9.17) is 4.74 Å². The minimum atomic E-state index is 0.0799. The van der Waals surface area contributed by atoms with Crippen molar-refractivity contribution in [1.29, 1.82) is 0 Å². The average Bonchev–Trinajstić information content (AvgIpc) is 3.36. The van der Waals surface area contributed by atoms with Crippen LogP contribution in [-0.2, 0) is 24.3 Å². The molecule has 7 nitrogen and oxygen atoms in total. The van der Waals surface area contributed by atoms with Gasteiger partial charge >= 0.3 is 0 Å². The van der Waals surface area contributed by atoms with Crippen molar-refractivity contribution in [2.45, 2.75) is 44.8 Å². The van der Waals surface area contributed by atoms with E-state index in [1.807, 2.05) is 33.8 Å². The summed E-state index contributed by atoms with van der Waals surface area (Å²) < 4.78 is 7.81. The number of amides is 1. The van der Waals surface area contributed by atoms with Crippen LogP contribution in [-0.4, -0.2) is 51.3 Å². The molecule has 1 aromatic heterocycles. The second kappa shape index (κ2) is 7.86. The zero-order valence-corrected chi connectivity index (χ0v) is 14.9. The van der Waals surface area contributed by atoms with E-state index < -0.39 is 0 Å². The largest absolute Gasteiger partial charge is 0.483 e. The van der Waals surface area contributed by atoms with E-state index in [-0.39, 0.29) is 12.5 Å². The van der Waals surface area contributed by atoms with Crippen LogP contribution < -0.4 is 10.1 Å². The molecule has 7 heteroatoms. The Bertz CT molecular complexity index is 754. The normalized spacial score (nSPS) is 19.4. The predicted octanol–water partition coefficient (Wildman–Crippen LogP) is 1.38. The molecule has 2 aliphatic rings. The van der Waals surface area contributed by atoms with E-state index in [1.165, 1.54) is 0 Å². The third kappa shape index (κ3) is 3.88. The summed E-state index contributed by atoms with van der Waals surface area (Å²) in [5.41, 5.74) is 1.08. The Labute approximate surface area is 153 Å². The van der Waals surface area contributed by atoms with Crippen LogP contribution in [0.3, 0.4) is 0 Å². The van der Waals surface area contributed by atoms with Crippen LogP contribution in [0.4, 0.5) is 0 Å². The molecular formula is C19H25N5O2. The van der Waals surface area contributed by atoms with Crippen LogP contribution in [0.5, 0.6) is 5.75 Å². The molecule has 1 atom stereocenters. The number of ether oxygens (including phenoxy) is 1. The first kappa shape index (κ1) is 17.0. The summed E-state index contributed by atoms with van der Waals surface area (Å²) in [6, 6.07) is 8.30. The predicted molar refractivity (Wildman–Crippen MR) is 96.7 cm³/mol. The van der Waals surface area contributed by atoms with Crippen molar-refractivity contribution in [2.24, 2.45) is 0 Å². The highest BCUT2D eigenvalue weighted by atomic mass is 16.5. The van der Waals surface area contributed by atoms with E-state index in [0.717, 1.165) is 62.5 Å². The lowest BCUT2D eigenvalue weighted by atomic mass is 10.1. The van der Waals surface area contributed by atoms with Crippen LogP contribution >= 0.6 is 0 Å².